The largest absolute Gasteiger partial charge is 0.417 e. The monoisotopic (exact) mass is 338 g/mol. The molecule has 1 aliphatic heterocycles. The molecule has 0 unspecified atom stereocenters. The lowest BCUT2D eigenvalue weighted by molar-refractivity contribution is -0.137. The van der Waals surface area contributed by atoms with Gasteiger partial charge in [0.05, 0.1) is 25.3 Å². The van der Waals surface area contributed by atoms with Crippen molar-refractivity contribution in [3.63, 3.8) is 0 Å². The Hall–Kier alpha value is -2.68. The van der Waals surface area contributed by atoms with Crippen molar-refractivity contribution >= 4 is 11.8 Å². The average Bonchev–Trinajstić information content (AvgIpc) is 2.76. The number of carbonyl (C=O) groups is 1. The highest BCUT2D eigenvalue weighted by Gasteiger charge is 2.31. The number of primary amides is 1. The van der Waals surface area contributed by atoms with E-state index in [1.807, 2.05) is 0 Å². The first-order chi connectivity index (χ1) is 11.4. The van der Waals surface area contributed by atoms with E-state index in [4.69, 9.17) is 10.5 Å². The van der Waals surface area contributed by atoms with E-state index in [0.29, 0.717) is 23.6 Å². The third-order valence-corrected chi connectivity index (χ3v) is 3.58. The van der Waals surface area contributed by atoms with Gasteiger partial charge >= 0.3 is 12.2 Å². The van der Waals surface area contributed by atoms with Crippen molar-refractivity contribution < 1.29 is 22.7 Å². The molecule has 0 saturated heterocycles. The van der Waals surface area contributed by atoms with Crippen molar-refractivity contribution in [1.82, 2.24) is 9.97 Å². The zero-order chi connectivity index (χ0) is 17.3. The minimum atomic E-state index is -4.48. The maximum Gasteiger partial charge on any atom is 0.417 e. The number of aromatic nitrogens is 2. The molecule has 2 N–H and O–H groups in total. The number of pyridine rings is 2. The number of rotatable bonds is 1. The first-order valence-electron chi connectivity index (χ1n) is 7.02. The third kappa shape index (κ3) is 3.16. The lowest BCUT2D eigenvalue weighted by Gasteiger charge is -2.18. The summed E-state index contributed by atoms with van der Waals surface area (Å²) < 4.78 is 43.8. The summed E-state index contributed by atoms with van der Waals surface area (Å²) in [7, 11) is 0. The van der Waals surface area contributed by atoms with Crippen LogP contribution in [0, 0.1) is 0 Å². The van der Waals surface area contributed by atoms with E-state index in [9.17, 15) is 18.0 Å². The second kappa shape index (κ2) is 6.08. The Kier molecular flexibility index (Phi) is 4.10. The Labute approximate surface area is 135 Å². The zero-order valence-electron chi connectivity index (χ0n) is 12.4. The summed E-state index contributed by atoms with van der Waals surface area (Å²) in [6, 6.07) is 1.96. The number of hydrogen-bond acceptors (Lipinski definition) is 4. The van der Waals surface area contributed by atoms with Crippen LogP contribution in [0.1, 0.15) is 11.1 Å². The summed E-state index contributed by atoms with van der Waals surface area (Å²) in [4.78, 5) is 20.6. The quantitative estimate of drug-likeness (QED) is 0.866. The van der Waals surface area contributed by atoms with E-state index in [1.165, 1.54) is 17.3 Å². The molecule has 0 saturated carbocycles. The lowest BCUT2D eigenvalue weighted by Crippen LogP contribution is -2.38. The van der Waals surface area contributed by atoms with Gasteiger partial charge in [-0.15, -0.1) is 0 Å². The van der Waals surface area contributed by atoms with Gasteiger partial charge in [-0.1, -0.05) is 0 Å². The highest BCUT2D eigenvalue weighted by Crippen LogP contribution is 2.32. The molecule has 24 heavy (non-hydrogen) atoms. The van der Waals surface area contributed by atoms with Crippen LogP contribution in [-0.2, 0) is 17.5 Å². The number of amides is 2. The predicted molar refractivity (Wildman–Crippen MR) is 79.1 cm³/mol. The highest BCUT2D eigenvalue weighted by molar-refractivity contribution is 5.90. The van der Waals surface area contributed by atoms with Gasteiger partial charge in [-0.3, -0.25) is 9.88 Å². The Balaban J connectivity index is 2.03. The van der Waals surface area contributed by atoms with Gasteiger partial charge in [0.2, 0.25) is 0 Å². The number of carbonyl (C=O) groups excluding carboxylic acids is 1. The fraction of sp³-hybridized carbons (Fsp3) is 0.267. The summed E-state index contributed by atoms with van der Waals surface area (Å²) in [5.41, 5.74) is 5.77. The summed E-state index contributed by atoms with van der Waals surface area (Å²) in [5.74, 6) is 0.351. The number of anilines is 1. The van der Waals surface area contributed by atoms with Gasteiger partial charge in [-0.25, -0.2) is 9.78 Å². The molecular weight excluding hydrogens is 325 g/mol. The third-order valence-electron chi connectivity index (χ3n) is 3.58. The van der Waals surface area contributed by atoms with E-state index in [-0.39, 0.29) is 18.7 Å². The molecule has 2 amide bonds. The normalized spacial score (nSPS) is 14.9. The van der Waals surface area contributed by atoms with Gasteiger partial charge in [0.15, 0.2) is 0 Å². The first kappa shape index (κ1) is 16.2. The van der Waals surface area contributed by atoms with Crippen LogP contribution in [0.2, 0.25) is 0 Å². The number of fused-ring (bicyclic) bond motifs is 1. The maximum atomic E-state index is 12.8. The van der Waals surface area contributed by atoms with Crippen molar-refractivity contribution in [2.45, 2.75) is 12.8 Å². The smallest absolute Gasteiger partial charge is 0.375 e. The van der Waals surface area contributed by atoms with E-state index in [2.05, 4.69) is 9.97 Å². The minimum absolute atomic E-state index is 0.187. The van der Waals surface area contributed by atoms with E-state index in [1.54, 1.807) is 6.07 Å². The highest BCUT2D eigenvalue weighted by atomic mass is 19.4. The number of alkyl halides is 3. The maximum absolute atomic E-state index is 12.8. The fourth-order valence-electron chi connectivity index (χ4n) is 2.42. The van der Waals surface area contributed by atoms with Gasteiger partial charge in [0, 0.05) is 35.3 Å². The molecule has 6 nitrogen and oxygen atoms in total. The topological polar surface area (TPSA) is 81.3 Å². The van der Waals surface area contributed by atoms with Crippen molar-refractivity contribution in [2.75, 3.05) is 18.1 Å². The summed E-state index contributed by atoms with van der Waals surface area (Å²) in [6.07, 6.45) is -1.01. The number of urea groups is 1. The minimum Gasteiger partial charge on any atom is -0.375 e. The van der Waals surface area contributed by atoms with E-state index in [0.717, 1.165) is 12.3 Å². The van der Waals surface area contributed by atoms with Crippen LogP contribution in [0.3, 0.4) is 0 Å². The van der Waals surface area contributed by atoms with Crippen LogP contribution in [0.5, 0.6) is 0 Å². The van der Waals surface area contributed by atoms with Crippen LogP contribution < -0.4 is 10.6 Å². The molecule has 0 bridgehead atoms. The van der Waals surface area contributed by atoms with Gasteiger partial charge < -0.3 is 10.5 Å². The molecule has 1 aliphatic rings. The van der Waals surface area contributed by atoms with Crippen LogP contribution in [-0.4, -0.2) is 29.2 Å². The van der Waals surface area contributed by atoms with Crippen LogP contribution in [0.15, 0.2) is 30.7 Å². The van der Waals surface area contributed by atoms with Crippen molar-refractivity contribution in [2.24, 2.45) is 5.73 Å². The summed E-state index contributed by atoms with van der Waals surface area (Å²) >= 11 is 0. The molecule has 3 rings (SSSR count). The van der Waals surface area contributed by atoms with Gasteiger partial charge in [0.1, 0.15) is 5.82 Å². The van der Waals surface area contributed by atoms with Crippen molar-refractivity contribution in [1.29, 1.82) is 0 Å². The molecular formula is C15H13F3N4O2. The molecule has 0 aromatic carbocycles. The second-order valence-corrected chi connectivity index (χ2v) is 5.21. The number of halogens is 3. The second-order valence-electron chi connectivity index (χ2n) is 5.21. The molecule has 2 aromatic rings. The van der Waals surface area contributed by atoms with Gasteiger partial charge in [-0.2, -0.15) is 13.2 Å². The van der Waals surface area contributed by atoms with Crippen LogP contribution in [0.25, 0.3) is 11.1 Å². The molecule has 3 heterocycles. The Morgan fingerprint density at radius 3 is 2.67 bits per heavy atom. The Morgan fingerprint density at radius 1 is 1.21 bits per heavy atom. The molecule has 0 aliphatic carbocycles. The SMILES string of the molecule is NC(=O)N1CCOCc2cc(-c3cncc(C(F)(F)F)c3)cnc21. The summed E-state index contributed by atoms with van der Waals surface area (Å²) in [5, 5.41) is 0. The Morgan fingerprint density at radius 2 is 1.96 bits per heavy atom. The first-order valence-corrected chi connectivity index (χ1v) is 7.02. The fourth-order valence-corrected chi connectivity index (χ4v) is 2.42. The number of nitrogens with two attached hydrogens (primary N) is 1. The van der Waals surface area contributed by atoms with E-state index < -0.39 is 17.8 Å². The molecule has 9 heteroatoms. The lowest BCUT2D eigenvalue weighted by atomic mass is 10.1. The van der Waals surface area contributed by atoms with Crippen LogP contribution >= 0.6 is 0 Å². The van der Waals surface area contributed by atoms with Crippen LogP contribution in [0.4, 0.5) is 23.8 Å². The van der Waals surface area contributed by atoms with Crippen molar-refractivity contribution in [3.05, 3.63) is 41.9 Å². The van der Waals surface area contributed by atoms with Crippen molar-refractivity contribution in [3.8, 4) is 11.1 Å². The average molecular weight is 338 g/mol. The molecule has 0 atom stereocenters. The number of hydrogen-bond donors (Lipinski definition) is 1. The molecule has 0 radical (unpaired) electrons. The van der Waals surface area contributed by atoms with Gasteiger partial charge in [0.25, 0.3) is 0 Å². The zero-order valence-corrected chi connectivity index (χ0v) is 12.4. The molecule has 0 fully saturated rings. The summed E-state index contributed by atoms with van der Waals surface area (Å²) in [6.45, 7) is 0.742. The predicted octanol–water partition coefficient (Wildman–Crippen LogP) is 2.58. The molecule has 126 valence electrons. The van der Waals surface area contributed by atoms with Gasteiger partial charge in [-0.05, 0) is 12.1 Å². The molecule has 0 spiro atoms. The number of nitrogens with zero attached hydrogens (tertiary/aromatic N) is 3. The molecule has 2 aromatic heterocycles. The Bertz CT molecular complexity index is 780. The number of ether oxygens (including phenoxy) is 1. The van der Waals surface area contributed by atoms with E-state index >= 15 is 0 Å². The standard InChI is InChI=1S/C15H13F3N4O2/c16-15(17,18)12-4-10(5-20-7-12)9-3-11-8-24-2-1-22(14(19)23)13(11)21-6-9/h3-7H,1-2,8H2,(H2,19,23).